The standard InChI is InChI=1S/C14H26O2S/c1-5-11-9-17-14(13(11)15)10(3)7-8-12(6-2)16-4/h9-10,12-15H,5-8H2,1-4H3. The van der Waals surface area contributed by atoms with E-state index in [0.29, 0.717) is 17.3 Å². The van der Waals surface area contributed by atoms with E-state index in [1.165, 1.54) is 5.57 Å². The lowest BCUT2D eigenvalue weighted by Gasteiger charge is -2.24. The van der Waals surface area contributed by atoms with Gasteiger partial charge in [-0.3, -0.25) is 0 Å². The van der Waals surface area contributed by atoms with Crippen molar-refractivity contribution < 1.29 is 9.84 Å². The van der Waals surface area contributed by atoms with E-state index in [2.05, 4.69) is 26.2 Å². The molecule has 0 aromatic carbocycles. The zero-order chi connectivity index (χ0) is 12.8. The zero-order valence-corrected chi connectivity index (χ0v) is 12.3. The molecule has 0 amide bonds. The largest absolute Gasteiger partial charge is 0.388 e. The molecule has 4 atom stereocenters. The average molecular weight is 258 g/mol. The van der Waals surface area contributed by atoms with E-state index in [-0.39, 0.29) is 6.10 Å². The Bertz CT molecular complexity index is 249. The van der Waals surface area contributed by atoms with Crippen molar-refractivity contribution in [1.82, 2.24) is 0 Å². The fourth-order valence-corrected chi connectivity index (χ4v) is 3.73. The summed E-state index contributed by atoms with van der Waals surface area (Å²) in [5.41, 5.74) is 1.20. The molecule has 0 aromatic heterocycles. The summed E-state index contributed by atoms with van der Waals surface area (Å²) in [6.45, 7) is 6.52. The molecule has 1 aliphatic rings. The van der Waals surface area contributed by atoms with Crippen molar-refractivity contribution in [2.45, 2.75) is 63.9 Å². The highest BCUT2D eigenvalue weighted by Crippen LogP contribution is 2.38. The number of rotatable bonds is 7. The first-order valence-electron chi connectivity index (χ1n) is 6.69. The Morgan fingerprint density at radius 3 is 2.59 bits per heavy atom. The van der Waals surface area contributed by atoms with Gasteiger partial charge in [0.25, 0.3) is 0 Å². The third kappa shape index (κ3) is 4.01. The maximum absolute atomic E-state index is 10.2. The van der Waals surface area contributed by atoms with Gasteiger partial charge in [0.05, 0.1) is 12.2 Å². The van der Waals surface area contributed by atoms with Gasteiger partial charge in [0.1, 0.15) is 0 Å². The van der Waals surface area contributed by atoms with Gasteiger partial charge in [0.2, 0.25) is 0 Å². The van der Waals surface area contributed by atoms with Crippen molar-refractivity contribution in [2.75, 3.05) is 7.11 Å². The lowest BCUT2D eigenvalue weighted by Crippen LogP contribution is -2.28. The van der Waals surface area contributed by atoms with Crippen LogP contribution in [-0.4, -0.2) is 29.7 Å². The minimum Gasteiger partial charge on any atom is -0.388 e. The van der Waals surface area contributed by atoms with Crippen LogP contribution in [0.4, 0.5) is 0 Å². The number of hydrogen-bond acceptors (Lipinski definition) is 3. The van der Waals surface area contributed by atoms with Gasteiger partial charge in [-0.05, 0) is 42.6 Å². The first-order chi connectivity index (χ1) is 8.13. The van der Waals surface area contributed by atoms with Crippen molar-refractivity contribution >= 4 is 11.8 Å². The van der Waals surface area contributed by atoms with E-state index in [1.807, 2.05) is 0 Å². The summed E-state index contributed by atoms with van der Waals surface area (Å²) in [6, 6.07) is 0. The van der Waals surface area contributed by atoms with E-state index in [0.717, 1.165) is 25.7 Å². The Hall–Kier alpha value is 0.01000. The molecule has 0 fully saturated rings. The number of ether oxygens (including phenoxy) is 1. The van der Waals surface area contributed by atoms with Crippen LogP contribution in [0.5, 0.6) is 0 Å². The first-order valence-corrected chi connectivity index (χ1v) is 7.63. The van der Waals surface area contributed by atoms with Gasteiger partial charge in [0.15, 0.2) is 0 Å². The van der Waals surface area contributed by atoms with Crippen LogP contribution in [0.15, 0.2) is 11.0 Å². The Labute approximate surface area is 110 Å². The van der Waals surface area contributed by atoms with Crippen molar-refractivity contribution in [3.05, 3.63) is 11.0 Å². The third-order valence-corrected chi connectivity index (χ3v) is 5.24. The predicted molar refractivity (Wildman–Crippen MR) is 75.2 cm³/mol. The van der Waals surface area contributed by atoms with Crippen molar-refractivity contribution in [2.24, 2.45) is 5.92 Å². The van der Waals surface area contributed by atoms with Gasteiger partial charge in [0, 0.05) is 12.4 Å². The monoisotopic (exact) mass is 258 g/mol. The highest BCUT2D eigenvalue weighted by molar-refractivity contribution is 8.03. The van der Waals surface area contributed by atoms with Gasteiger partial charge >= 0.3 is 0 Å². The average Bonchev–Trinajstić information content (AvgIpc) is 2.71. The summed E-state index contributed by atoms with van der Waals surface area (Å²) in [5, 5.41) is 12.7. The minimum absolute atomic E-state index is 0.234. The molecule has 100 valence electrons. The molecule has 17 heavy (non-hydrogen) atoms. The normalized spacial score (nSPS) is 27.9. The molecule has 1 aliphatic heterocycles. The molecule has 0 bridgehead atoms. The van der Waals surface area contributed by atoms with Crippen LogP contribution in [0, 0.1) is 5.92 Å². The van der Waals surface area contributed by atoms with Crippen LogP contribution >= 0.6 is 11.8 Å². The Morgan fingerprint density at radius 1 is 1.41 bits per heavy atom. The number of aliphatic hydroxyl groups excluding tert-OH is 1. The van der Waals surface area contributed by atoms with Crippen LogP contribution in [0.1, 0.15) is 46.5 Å². The molecule has 0 radical (unpaired) electrons. The fraction of sp³-hybridized carbons (Fsp3) is 0.857. The van der Waals surface area contributed by atoms with Crippen molar-refractivity contribution in [1.29, 1.82) is 0 Å². The van der Waals surface area contributed by atoms with Crippen LogP contribution in [0.3, 0.4) is 0 Å². The smallest absolute Gasteiger partial charge is 0.0882 e. The molecule has 0 saturated heterocycles. The molecule has 1 heterocycles. The van der Waals surface area contributed by atoms with Crippen LogP contribution in [0.25, 0.3) is 0 Å². The zero-order valence-electron chi connectivity index (χ0n) is 11.5. The van der Waals surface area contributed by atoms with E-state index >= 15 is 0 Å². The second kappa shape index (κ2) is 7.45. The summed E-state index contributed by atoms with van der Waals surface area (Å²) >= 11 is 1.81. The quantitative estimate of drug-likeness (QED) is 0.756. The minimum atomic E-state index is -0.234. The summed E-state index contributed by atoms with van der Waals surface area (Å²) < 4.78 is 5.40. The highest BCUT2D eigenvalue weighted by Gasteiger charge is 2.31. The van der Waals surface area contributed by atoms with Gasteiger partial charge < -0.3 is 9.84 Å². The molecule has 1 rings (SSSR count). The third-order valence-electron chi connectivity index (χ3n) is 3.77. The summed E-state index contributed by atoms with van der Waals surface area (Å²) in [6.07, 6.45) is 4.41. The molecular formula is C14H26O2S. The van der Waals surface area contributed by atoms with Crippen molar-refractivity contribution in [3.63, 3.8) is 0 Å². The molecule has 0 saturated carbocycles. The lowest BCUT2D eigenvalue weighted by molar-refractivity contribution is 0.0841. The molecule has 0 aromatic rings. The van der Waals surface area contributed by atoms with Crippen LogP contribution in [-0.2, 0) is 4.74 Å². The van der Waals surface area contributed by atoms with E-state index in [1.54, 1.807) is 18.9 Å². The van der Waals surface area contributed by atoms with Gasteiger partial charge in [-0.25, -0.2) is 0 Å². The first kappa shape index (κ1) is 15.1. The molecular weight excluding hydrogens is 232 g/mol. The summed E-state index contributed by atoms with van der Waals surface area (Å²) in [5.74, 6) is 0.541. The second-order valence-corrected chi connectivity index (χ2v) is 5.96. The SMILES string of the molecule is CCC1=CSC(C(C)CCC(CC)OC)C1O. The molecule has 4 unspecified atom stereocenters. The van der Waals surface area contributed by atoms with Crippen LogP contribution < -0.4 is 0 Å². The fourth-order valence-electron chi connectivity index (χ4n) is 2.36. The maximum atomic E-state index is 10.2. The molecule has 2 nitrogen and oxygen atoms in total. The summed E-state index contributed by atoms with van der Waals surface area (Å²) in [7, 11) is 1.79. The number of methoxy groups -OCH3 is 1. The lowest BCUT2D eigenvalue weighted by atomic mass is 9.92. The second-order valence-electron chi connectivity index (χ2n) is 4.91. The highest BCUT2D eigenvalue weighted by atomic mass is 32.2. The Morgan fingerprint density at radius 2 is 2.12 bits per heavy atom. The molecule has 3 heteroatoms. The number of aliphatic hydroxyl groups is 1. The van der Waals surface area contributed by atoms with Gasteiger partial charge in [-0.1, -0.05) is 20.8 Å². The van der Waals surface area contributed by atoms with E-state index < -0.39 is 0 Å². The maximum Gasteiger partial charge on any atom is 0.0882 e. The number of hydrogen-bond donors (Lipinski definition) is 1. The topological polar surface area (TPSA) is 29.5 Å². The predicted octanol–water partition coefficient (Wildman–Crippen LogP) is 3.60. The van der Waals surface area contributed by atoms with E-state index in [9.17, 15) is 5.11 Å². The molecule has 0 aliphatic carbocycles. The van der Waals surface area contributed by atoms with Gasteiger partial charge in [-0.2, -0.15) is 0 Å². The van der Waals surface area contributed by atoms with E-state index in [4.69, 9.17) is 4.74 Å². The number of thioether (sulfide) groups is 1. The molecule has 0 spiro atoms. The molecule has 1 N–H and O–H groups in total. The van der Waals surface area contributed by atoms with Gasteiger partial charge in [-0.15, -0.1) is 11.8 Å². The van der Waals surface area contributed by atoms with Crippen molar-refractivity contribution in [3.8, 4) is 0 Å². The Kier molecular flexibility index (Phi) is 6.60. The van der Waals surface area contributed by atoms with Crippen LogP contribution in [0.2, 0.25) is 0 Å². The Balaban J connectivity index is 2.37. The summed E-state index contributed by atoms with van der Waals surface area (Å²) in [4.78, 5) is 0.